The van der Waals surface area contributed by atoms with E-state index in [1.54, 1.807) is 6.07 Å². The highest BCUT2D eigenvalue weighted by Crippen LogP contribution is 2.26. The number of halogens is 2. The molecule has 0 aromatic heterocycles. The van der Waals surface area contributed by atoms with E-state index in [0.717, 1.165) is 27.0 Å². The molecule has 0 unspecified atom stereocenters. The van der Waals surface area contributed by atoms with Gasteiger partial charge in [0.1, 0.15) is 5.75 Å². The van der Waals surface area contributed by atoms with E-state index in [2.05, 4.69) is 26.6 Å². The van der Waals surface area contributed by atoms with Crippen molar-refractivity contribution in [3.63, 3.8) is 0 Å². The quantitative estimate of drug-likeness (QED) is 0.453. The number of carbonyl (C=O) groups is 1. The van der Waals surface area contributed by atoms with Crippen LogP contribution in [0, 0.1) is 6.92 Å². The third-order valence-electron chi connectivity index (χ3n) is 4.00. The van der Waals surface area contributed by atoms with E-state index in [0.29, 0.717) is 17.3 Å². The van der Waals surface area contributed by atoms with Gasteiger partial charge < -0.3 is 15.4 Å². The fourth-order valence-electron chi connectivity index (χ4n) is 2.61. The van der Waals surface area contributed by atoms with Crippen LogP contribution in [0.15, 0.2) is 71.2 Å². The first kappa shape index (κ1) is 20.2. The minimum atomic E-state index is -0.234. The van der Waals surface area contributed by atoms with Crippen molar-refractivity contribution in [3.8, 4) is 5.75 Å². The van der Waals surface area contributed by atoms with E-state index in [9.17, 15) is 4.79 Å². The predicted octanol–water partition coefficient (Wildman–Crippen LogP) is 6.04. The molecule has 0 aliphatic rings. The lowest BCUT2D eigenvalue weighted by atomic mass is 10.2. The highest BCUT2D eigenvalue weighted by atomic mass is 79.9. The summed E-state index contributed by atoms with van der Waals surface area (Å²) in [5.74, 6) is 0.246. The maximum Gasteiger partial charge on any atom is 0.262 e. The Hall–Kier alpha value is -2.50. The molecule has 6 heteroatoms. The summed E-state index contributed by atoms with van der Waals surface area (Å²) in [6.45, 7) is 2.50. The first-order valence-corrected chi connectivity index (χ1v) is 9.94. The summed E-state index contributed by atoms with van der Waals surface area (Å²) in [6, 6.07) is 21.1. The van der Waals surface area contributed by atoms with Crippen molar-refractivity contribution < 1.29 is 9.53 Å². The number of ether oxygens (including phenoxy) is 1. The van der Waals surface area contributed by atoms with Gasteiger partial charge in [-0.2, -0.15) is 0 Å². The molecule has 0 fully saturated rings. The Kier molecular flexibility index (Phi) is 6.95. The maximum atomic E-state index is 12.1. The molecule has 3 aromatic carbocycles. The standard InChI is InChI=1S/C22H20BrClN2O2/c1-15-3-2-4-19(11-15)26-22(27)14-28-21-10-5-16(12-20(21)24)13-25-18-8-6-17(23)7-9-18/h2-12,25H,13-14H2,1H3,(H,26,27). The zero-order valence-electron chi connectivity index (χ0n) is 15.3. The van der Waals surface area contributed by atoms with E-state index in [-0.39, 0.29) is 12.5 Å². The van der Waals surface area contributed by atoms with E-state index in [1.807, 2.05) is 67.6 Å². The van der Waals surface area contributed by atoms with Crippen molar-refractivity contribution in [1.29, 1.82) is 0 Å². The smallest absolute Gasteiger partial charge is 0.262 e. The Morgan fingerprint density at radius 2 is 1.82 bits per heavy atom. The topological polar surface area (TPSA) is 50.4 Å². The van der Waals surface area contributed by atoms with Gasteiger partial charge in [0, 0.05) is 22.4 Å². The minimum absolute atomic E-state index is 0.107. The van der Waals surface area contributed by atoms with Crippen LogP contribution < -0.4 is 15.4 Å². The summed E-state index contributed by atoms with van der Waals surface area (Å²) in [5, 5.41) is 6.61. The molecular formula is C22H20BrClN2O2. The van der Waals surface area contributed by atoms with E-state index >= 15 is 0 Å². The fourth-order valence-corrected chi connectivity index (χ4v) is 3.13. The predicted molar refractivity (Wildman–Crippen MR) is 118 cm³/mol. The summed E-state index contributed by atoms with van der Waals surface area (Å²) in [6.07, 6.45) is 0. The van der Waals surface area contributed by atoms with Gasteiger partial charge in [0.25, 0.3) is 5.91 Å². The van der Waals surface area contributed by atoms with Gasteiger partial charge in [-0.25, -0.2) is 0 Å². The summed E-state index contributed by atoms with van der Waals surface area (Å²) in [5.41, 5.74) is 3.86. The molecule has 0 spiro atoms. The molecule has 3 aromatic rings. The highest BCUT2D eigenvalue weighted by Gasteiger charge is 2.08. The first-order valence-electron chi connectivity index (χ1n) is 8.77. The van der Waals surface area contributed by atoms with Gasteiger partial charge in [0.05, 0.1) is 5.02 Å². The molecule has 0 saturated heterocycles. The number of benzene rings is 3. The SMILES string of the molecule is Cc1cccc(NC(=O)COc2ccc(CNc3ccc(Br)cc3)cc2Cl)c1. The molecule has 0 aliphatic carbocycles. The lowest BCUT2D eigenvalue weighted by Crippen LogP contribution is -2.20. The Morgan fingerprint density at radius 1 is 1.04 bits per heavy atom. The van der Waals surface area contributed by atoms with Crippen molar-refractivity contribution in [2.24, 2.45) is 0 Å². The molecular weight excluding hydrogens is 440 g/mol. The molecule has 28 heavy (non-hydrogen) atoms. The molecule has 0 heterocycles. The second-order valence-electron chi connectivity index (χ2n) is 6.33. The average molecular weight is 460 g/mol. The Morgan fingerprint density at radius 3 is 2.54 bits per heavy atom. The molecule has 1 amide bonds. The van der Waals surface area contributed by atoms with Crippen molar-refractivity contribution >= 4 is 44.8 Å². The third kappa shape index (κ3) is 6.01. The van der Waals surface area contributed by atoms with E-state index < -0.39 is 0 Å². The van der Waals surface area contributed by atoms with Crippen molar-refractivity contribution in [2.75, 3.05) is 17.2 Å². The Bertz CT molecular complexity index is 961. The van der Waals surface area contributed by atoms with Crippen LogP contribution in [0.2, 0.25) is 5.02 Å². The van der Waals surface area contributed by atoms with Crippen LogP contribution in [0.4, 0.5) is 11.4 Å². The summed E-state index contributed by atoms with van der Waals surface area (Å²) < 4.78 is 6.60. The second-order valence-corrected chi connectivity index (χ2v) is 7.65. The number of carbonyl (C=O) groups excluding carboxylic acids is 1. The molecule has 0 saturated carbocycles. The summed E-state index contributed by atoms with van der Waals surface area (Å²) in [4.78, 5) is 12.1. The fraction of sp³-hybridized carbons (Fsp3) is 0.136. The number of anilines is 2. The normalized spacial score (nSPS) is 10.4. The van der Waals surface area contributed by atoms with Crippen LogP contribution >= 0.6 is 27.5 Å². The molecule has 0 atom stereocenters. The summed E-state index contributed by atoms with van der Waals surface area (Å²) >= 11 is 9.72. The van der Waals surface area contributed by atoms with E-state index in [4.69, 9.17) is 16.3 Å². The van der Waals surface area contributed by atoms with Crippen LogP contribution in [0.25, 0.3) is 0 Å². The number of hydrogen-bond acceptors (Lipinski definition) is 3. The average Bonchev–Trinajstić information content (AvgIpc) is 2.67. The number of aryl methyl sites for hydroxylation is 1. The first-order chi connectivity index (χ1) is 13.5. The Balaban J connectivity index is 1.52. The maximum absolute atomic E-state index is 12.1. The number of nitrogens with one attached hydrogen (secondary N) is 2. The van der Waals surface area contributed by atoms with Crippen LogP contribution in [-0.2, 0) is 11.3 Å². The van der Waals surface area contributed by atoms with Gasteiger partial charge >= 0.3 is 0 Å². The van der Waals surface area contributed by atoms with Gasteiger partial charge in [0.15, 0.2) is 6.61 Å². The molecule has 0 aliphatic heterocycles. The highest BCUT2D eigenvalue weighted by molar-refractivity contribution is 9.10. The summed E-state index contributed by atoms with van der Waals surface area (Å²) in [7, 11) is 0. The van der Waals surface area contributed by atoms with E-state index in [1.165, 1.54) is 0 Å². The molecule has 0 bridgehead atoms. The van der Waals surface area contributed by atoms with Gasteiger partial charge in [-0.15, -0.1) is 0 Å². The Labute approximate surface area is 178 Å². The lowest BCUT2D eigenvalue weighted by molar-refractivity contribution is -0.118. The second kappa shape index (κ2) is 9.62. The molecule has 0 radical (unpaired) electrons. The third-order valence-corrected chi connectivity index (χ3v) is 4.82. The van der Waals surface area contributed by atoms with Crippen LogP contribution in [0.3, 0.4) is 0 Å². The van der Waals surface area contributed by atoms with Crippen molar-refractivity contribution in [2.45, 2.75) is 13.5 Å². The number of amides is 1. The molecule has 3 rings (SSSR count). The van der Waals surface area contributed by atoms with Crippen LogP contribution in [0.1, 0.15) is 11.1 Å². The zero-order chi connectivity index (χ0) is 19.9. The monoisotopic (exact) mass is 458 g/mol. The minimum Gasteiger partial charge on any atom is -0.482 e. The van der Waals surface area contributed by atoms with Gasteiger partial charge in [-0.05, 0) is 66.6 Å². The van der Waals surface area contributed by atoms with Gasteiger partial charge in [-0.3, -0.25) is 4.79 Å². The van der Waals surface area contributed by atoms with Gasteiger partial charge in [-0.1, -0.05) is 45.7 Å². The van der Waals surface area contributed by atoms with Crippen LogP contribution in [-0.4, -0.2) is 12.5 Å². The number of hydrogen-bond donors (Lipinski definition) is 2. The zero-order valence-corrected chi connectivity index (χ0v) is 17.7. The van der Waals surface area contributed by atoms with Gasteiger partial charge in [0.2, 0.25) is 0 Å². The lowest BCUT2D eigenvalue weighted by Gasteiger charge is -2.11. The van der Waals surface area contributed by atoms with Crippen LogP contribution in [0.5, 0.6) is 5.75 Å². The van der Waals surface area contributed by atoms with Crippen molar-refractivity contribution in [1.82, 2.24) is 0 Å². The molecule has 4 nitrogen and oxygen atoms in total. The largest absolute Gasteiger partial charge is 0.482 e. The molecule has 2 N–H and O–H groups in total. The number of rotatable bonds is 7. The molecule has 144 valence electrons. The van der Waals surface area contributed by atoms with Crippen molar-refractivity contribution in [3.05, 3.63) is 87.4 Å².